The molecule has 0 fully saturated rings. The van der Waals surface area contributed by atoms with E-state index < -0.39 is 0 Å². The maximum absolute atomic E-state index is 12.8. The van der Waals surface area contributed by atoms with Gasteiger partial charge < -0.3 is 0 Å². The molecule has 0 aliphatic heterocycles. The molecule has 144 valence electrons. The third-order valence-electron chi connectivity index (χ3n) is 5.05. The van der Waals surface area contributed by atoms with Gasteiger partial charge >= 0.3 is 0 Å². The number of aryl methyl sites for hydroxylation is 2. The lowest BCUT2D eigenvalue weighted by molar-refractivity contribution is 0.1000. The van der Waals surface area contributed by atoms with Crippen LogP contribution in [0.3, 0.4) is 0 Å². The molecule has 4 nitrogen and oxygen atoms in total. The summed E-state index contributed by atoms with van der Waals surface area (Å²) in [5.74, 6) is 0.154. The molecular weight excluding hydrogens is 418 g/mol. The fraction of sp³-hybridized carbons (Fsp3) is 0.182. The Balaban J connectivity index is 1.54. The number of carbonyl (C=O) groups is 1. The minimum Gasteiger partial charge on any atom is -0.293 e. The Labute approximate surface area is 181 Å². The number of fused-ring (bicyclic) bond motifs is 1. The van der Waals surface area contributed by atoms with Gasteiger partial charge in [0.05, 0.1) is 15.0 Å². The van der Waals surface area contributed by atoms with Gasteiger partial charge in [0.25, 0.3) is 0 Å². The van der Waals surface area contributed by atoms with Crippen molar-refractivity contribution in [2.45, 2.75) is 30.7 Å². The van der Waals surface area contributed by atoms with Gasteiger partial charge in [-0.2, -0.15) is 0 Å². The number of ketones is 1. The first-order valence-corrected chi connectivity index (χ1v) is 11.9. The van der Waals surface area contributed by atoms with E-state index in [0.29, 0.717) is 11.6 Å². The second kappa shape index (κ2) is 7.48. The number of Topliss-reactive ketones (excluding diaryl/α,β-unsaturated/α-hetero) is 1. The normalized spacial score (nSPS) is 15.7. The first-order chi connectivity index (χ1) is 14.1. The third kappa shape index (κ3) is 3.33. The van der Waals surface area contributed by atoms with Gasteiger partial charge in [0.1, 0.15) is 11.4 Å². The molecule has 1 aliphatic rings. The molecule has 7 heteroatoms. The number of aromatic nitrogens is 3. The van der Waals surface area contributed by atoms with E-state index in [0.717, 1.165) is 32.3 Å². The Hall–Kier alpha value is -2.35. The molecular formula is C22H17N3OS3. The van der Waals surface area contributed by atoms with Crippen molar-refractivity contribution in [2.24, 2.45) is 0 Å². The summed E-state index contributed by atoms with van der Waals surface area (Å²) >= 11 is 4.73. The van der Waals surface area contributed by atoms with Crippen LogP contribution in [0.1, 0.15) is 27.0 Å². The number of thioether (sulfide) groups is 1. The van der Waals surface area contributed by atoms with E-state index in [2.05, 4.69) is 46.9 Å². The second-order valence-corrected chi connectivity index (χ2v) is 9.99. The van der Waals surface area contributed by atoms with Gasteiger partial charge in [-0.15, -0.1) is 32.9 Å². The van der Waals surface area contributed by atoms with Crippen LogP contribution in [0.15, 0.2) is 52.3 Å². The molecule has 1 aliphatic carbocycles. The third-order valence-corrected chi connectivity index (χ3v) is 8.15. The molecule has 0 N–H and O–H groups in total. The SMILES string of the molecule is Cc1ccsc1-c1nnc(SC2Cc3ccccc3C2=O)nc1-c1sccc1C. The highest BCUT2D eigenvalue weighted by Gasteiger charge is 2.32. The molecule has 0 saturated heterocycles. The van der Waals surface area contributed by atoms with Gasteiger partial charge in [0.2, 0.25) is 5.16 Å². The fourth-order valence-electron chi connectivity index (χ4n) is 3.53. The minimum absolute atomic E-state index is 0.154. The van der Waals surface area contributed by atoms with Crippen LogP contribution in [0.2, 0.25) is 0 Å². The largest absolute Gasteiger partial charge is 0.293 e. The molecule has 3 aromatic heterocycles. The average Bonchev–Trinajstić information content (AvgIpc) is 3.42. The first-order valence-electron chi connectivity index (χ1n) is 9.24. The van der Waals surface area contributed by atoms with E-state index in [1.54, 1.807) is 22.7 Å². The minimum atomic E-state index is -0.194. The van der Waals surface area contributed by atoms with Gasteiger partial charge in [0.15, 0.2) is 5.78 Å². The average molecular weight is 436 g/mol. The van der Waals surface area contributed by atoms with Crippen LogP contribution in [0.5, 0.6) is 0 Å². The summed E-state index contributed by atoms with van der Waals surface area (Å²) in [5, 5.41) is 13.5. The number of hydrogen-bond acceptors (Lipinski definition) is 7. The highest BCUT2D eigenvalue weighted by atomic mass is 32.2. The molecule has 29 heavy (non-hydrogen) atoms. The van der Waals surface area contributed by atoms with E-state index in [4.69, 9.17) is 4.98 Å². The van der Waals surface area contributed by atoms with Crippen molar-refractivity contribution >= 4 is 40.2 Å². The lowest BCUT2D eigenvalue weighted by Gasteiger charge is -2.10. The molecule has 3 heterocycles. The van der Waals surface area contributed by atoms with E-state index in [-0.39, 0.29) is 11.0 Å². The standard InChI is InChI=1S/C22H17N3OS3/c1-12-7-9-27-20(12)17-18(21-13(2)8-10-28-21)24-25-22(23-17)29-16-11-14-5-3-4-6-15(14)19(16)26/h3-10,16H,11H2,1-2H3. The molecule has 4 aromatic rings. The number of thiophene rings is 2. The van der Waals surface area contributed by atoms with E-state index >= 15 is 0 Å². The van der Waals surface area contributed by atoms with E-state index in [9.17, 15) is 4.79 Å². The fourth-order valence-corrected chi connectivity index (χ4v) is 6.34. The molecule has 1 atom stereocenters. The summed E-state index contributed by atoms with van der Waals surface area (Å²) in [6.07, 6.45) is 0.710. The first kappa shape index (κ1) is 18.7. The van der Waals surface area contributed by atoms with Crippen molar-refractivity contribution in [3.63, 3.8) is 0 Å². The second-order valence-electron chi connectivity index (χ2n) is 6.99. The number of nitrogens with zero attached hydrogens (tertiary/aromatic N) is 3. The molecule has 5 rings (SSSR count). The lowest BCUT2D eigenvalue weighted by atomic mass is 10.1. The van der Waals surface area contributed by atoms with Gasteiger partial charge in [-0.1, -0.05) is 36.0 Å². The molecule has 0 bridgehead atoms. The Bertz CT molecular complexity index is 1230. The zero-order valence-corrected chi connectivity index (χ0v) is 18.3. The van der Waals surface area contributed by atoms with Gasteiger partial charge in [-0.3, -0.25) is 4.79 Å². The smallest absolute Gasteiger partial charge is 0.210 e. The lowest BCUT2D eigenvalue weighted by Crippen LogP contribution is -2.12. The predicted molar refractivity (Wildman–Crippen MR) is 120 cm³/mol. The molecule has 0 spiro atoms. The number of rotatable bonds is 4. The Kier molecular flexibility index (Phi) is 4.81. The summed E-state index contributed by atoms with van der Waals surface area (Å²) < 4.78 is 0. The molecule has 0 amide bonds. The Morgan fingerprint density at radius 2 is 1.62 bits per heavy atom. The summed E-state index contributed by atoms with van der Waals surface area (Å²) in [6, 6.07) is 12.0. The van der Waals surface area contributed by atoms with Crippen molar-refractivity contribution in [1.29, 1.82) is 0 Å². The van der Waals surface area contributed by atoms with Crippen molar-refractivity contribution in [3.05, 3.63) is 69.4 Å². The van der Waals surface area contributed by atoms with Gasteiger partial charge in [-0.25, -0.2) is 4.98 Å². The predicted octanol–water partition coefficient (Wildman–Crippen LogP) is 5.85. The topological polar surface area (TPSA) is 55.7 Å². The zero-order valence-electron chi connectivity index (χ0n) is 15.9. The quantitative estimate of drug-likeness (QED) is 0.403. The molecule has 1 unspecified atom stereocenters. The van der Waals surface area contributed by atoms with Crippen LogP contribution in [0.25, 0.3) is 21.1 Å². The maximum atomic E-state index is 12.8. The van der Waals surface area contributed by atoms with E-state index in [1.165, 1.54) is 22.9 Å². The van der Waals surface area contributed by atoms with Crippen molar-refractivity contribution in [2.75, 3.05) is 0 Å². The molecule has 0 saturated carbocycles. The Morgan fingerprint density at radius 3 is 2.28 bits per heavy atom. The summed E-state index contributed by atoms with van der Waals surface area (Å²) in [5.41, 5.74) is 5.92. The van der Waals surface area contributed by atoms with Crippen LogP contribution in [-0.2, 0) is 6.42 Å². The zero-order chi connectivity index (χ0) is 20.0. The molecule has 0 radical (unpaired) electrons. The molecule has 1 aromatic carbocycles. The summed E-state index contributed by atoms with van der Waals surface area (Å²) in [4.78, 5) is 19.9. The highest BCUT2D eigenvalue weighted by Crippen LogP contribution is 2.39. The van der Waals surface area contributed by atoms with E-state index in [1.807, 2.05) is 24.3 Å². The number of hydrogen-bond donors (Lipinski definition) is 0. The van der Waals surface area contributed by atoms with Crippen molar-refractivity contribution in [1.82, 2.24) is 15.2 Å². The van der Waals surface area contributed by atoms with Crippen LogP contribution < -0.4 is 0 Å². The number of benzene rings is 1. The summed E-state index contributed by atoms with van der Waals surface area (Å²) in [6.45, 7) is 4.17. The maximum Gasteiger partial charge on any atom is 0.210 e. The Morgan fingerprint density at radius 1 is 0.931 bits per heavy atom. The van der Waals surface area contributed by atoms with Gasteiger partial charge in [0, 0.05) is 5.56 Å². The van der Waals surface area contributed by atoms with Crippen LogP contribution in [-0.4, -0.2) is 26.2 Å². The highest BCUT2D eigenvalue weighted by molar-refractivity contribution is 8.00. The van der Waals surface area contributed by atoms with Crippen LogP contribution in [0.4, 0.5) is 0 Å². The van der Waals surface area contributed by atoms with Crippen molar-refractivity contribution < 1.29 is 4.79 Å². The summed E-state index contributed by atoms with van der Waals surface area (Å²) in [7, 11) is 0. The monoisotopic (exact) mass is 435 g/mol. The number of carbonyl (C=O) groups excluding carboxylic acids is 1. The van der Waals surface area contributed by atoms with Gasteiger partial charge in [-0.05, 0) is 59.9 Å². The van der Waals surface area contributed by atoms with Crippen LogP contribution in [0, 0.1) is 13.8 Å². The van der Waals surface area contributed by atoms with Crippen LogP contribution >= 0.6 is 34.4 Å². The van der Waals surface area contributed by atoms with Crippen molar-refractivity contribution in [3.8, 4) is 21.1 Å².